The summed E-state index contributed by atoms with van der Waals surface area (Å²) in [5.41, 5.74) is 2.56. The van der Waals surface area contributed by atoms with E-state index in [9.17, 15) is 4.79 Å². The van der Waals surface area contributed by atoms with Gasteiger partial charge in [-0.2, -0.15) is 0 Å². The van der Waals surface area contributed by atoms with Crippen LogP contribution in [0.4, 0.5) is 4.79 Å². The molecule has 0 saturated carbocycles. The van der Waals surface area contributed by atoms with Crippen molar-refractivity contribution in [3.05, 3.63) is 22.3 Å². The molecule has 0 bridgehead atoms. The van der Waals surface area contributed by atoms with Crippen LogP contribution in [0.5, 0.6) is 0 Å². The number of nitrogens with zero attached hydrogens (tertiary/aromatic N) is 2. The molecule has 1 amide bonds. The van der Waals surface area contributed by atoms with Gasteiger partial charge in [0.05, 0.1) is 22.6 Å². The van der Waals surface area contributed by atoms with Gasteiger partial charge in [0.25, 0.3) is 0 Å². The SMILES string of the molecule is O=C(O)N1C=Cc2scnc2C1. The summed E-state index contributed by atoms with van der Waals surface area (Å²) in [5.74, 6) is 0. The predicted octanol–water partition coefficient (Wildman–Crippen LogP) is 1.61. The van der Waals surface area contributed by atoms with Crippen molar-refractivity contribution in [3.63, 3.8) is 0 Å². The summed E-state index contributed by atoms with van der Waals surface area (Å²) in [6.45, 7) is 0.366. The summed E-state index contributed by atoms with van der Waals surface area (Å²) >= 11 is 1.52. The van der Waals surface area contributed by atoms with Crippen molar-refractivity contribution in [1.29, 1.82) is 0 Å². The van der Waals surface area contributed by atoms with Crippen molar-refractivity contribution in [2.75, 3.05) is 0 Å². The fraction of sp³-hybridized carbons (Fsp3) is 0.143. The number of hydrogen-bond donors (Lipinski definition) is 1. The summed E-state index contributed by atoms with van der Waals surface area (Å²) < 4.78 is 0. The van der Waals surface area contributed by atoms with Crippen LogP contribution in [0.25, 0.3) is 6.08 Å². The lowest BCUT2D eigenvalue weighted by Gasteiger charge is -2.16. The monoisotopic (exact) mass is 182 g/mol. The molecule has 0 fully saturated rings. The Morgan fingerprint density at radius 3 is 3.33 bits per heavy atom. The Balaban J connectivity index is 2.30. The van der Waals surface area contributed by atoms with E-state index < -0.39 is 6.09 Å². The molecule has 1 aromatic rings. The van der Waals surface area contributed by atoms with Crippen LogP contribution in [-0.2, 0) is 6.54 Å². The molecule has 0 saturated heterocycles. The van der Waals surface area contributed by atoms with Gasteiger partial charge < -0.3 is 5.11 Å². The van der Waals surface area contributed by atoms with Crippen LogP contribution in [0.3, 0.4) is 0 Å². The normalized spacial score (nSPS) is 14.5. The van der Waals surface area contributed by atoms with E-state index in [0.29, 0.717) is 6.54 Å². The number of aromatic nitrogens is 1. The smallest absolute Gasteiger partial charge is 0.411 e. The van der Waals surface area contributed by atoms with Gasteiger partial charge in [0.2, 0.25) is 0 Å². The number of fused-ring (bicyclic) bond motifs is 1. The molecule has 1 aliphatic rings. The average molecular weight is 182 g/mol. The van der Waals surface area contributed by atoms with Gasteiger partial charge in [-0.15, -0.1) is 11.3 Å². The molecule has 2 rings (SSSR count). The lowest BCUT2D eigenvalue weighted by molar-refractivity contribution is 0.160. The Labute approximate surface area is 72.8 Å². The maximum Gasteiger partial charge on any atom is 0.411 e. The first kappa shape index (κ1) is 7.30. The fourth-order valence-corrected chi connectivity index (χ4v) is 1.72. The third kappa shape index (κ3) is 1.08. The Morgan fingerprint density at radius 1 is 1.75 bits per heavy atom. The first-order chi connectivity index (χ1) is 5.77. The van der Waals surface area contributed by atoms with Crippen LogP contribution < -0.4 is 0 Å². The van der Waals surface area contributed by atoms with Crippen LogP contribution in [0.2, 0.25) is 0 Å². The average Bonchev–Trinajstić information content (AvgIpc) is 2.49. The summed E-state index contributed by atoms with van der Waals surface area (Å²) in [6.07, 6.45) is 2.39. The molecule has 0 radical (unpaired) electrons. The molecule has 12 heavy (non-hydrogen) atoms. The minimum absolute atomic E-state index is 0.366. The quantitative estimate of drug-likeness (QED) is 0.663. The molecular weight excluding hydrogens is 176 g/mol. The van der Waals surface area contributed by atoms with E-state index in [0.717, 1.165) is 10.6 Å². The lowest BCUT2D eigenvalue weighted by Crippen LogP contribution is -2.25. The van der Waals surface area contributed by atoms with Gasteiger partial charge >= 0.3 is 6.09 Å². The van der Waals surface area contributed by atoms with E-state index >= 15 is 0 Å². The van der Waals surface area contributed by atoms with E-state index in [1.807, 2.05) is 0 Å². The van der Waals surface area contributed by atoms with Gasteiger partial charge in [-0.1, -0.05) is 0 Å². The van der Waals surface area contributed by atoms with E-state index in [2.05, 4.69) is 4.98 Å². The number of rotatable bonds is 0. The van der Waals surface area contributed by atoms with Gasteiger partial charge in [-0.3, -0.25) is 4.90 Å². The molecule has 4 nitrogen and oxygen atoms in total. The minimum atomic E-state index is -0.940. The van der Waals surface area contributed by atoms with Crippen molar-refractivity contribution >= 4 is 23.5 Å². The molecule has 1 aromatic heterocycles. The number of carbonyl (C=O) groups is 1. The van der Waals surface area contributed by atoms with Gasteiger partial charge in [0.1, 0.15) is 0 Å². The van der Waals surface area contributed by atoms with Crippen LogP contribution in [0.1, 0.15) is 10.6 Å². The highest BCUT2D eigenvalue weighted by Gasteiger charge is 2.16. The standard InChI is InChI=1S/C7H6N2O2S/c10-7(11)9-2-1-6-5(3-9)8-4-12-6/h1-2,4H,3H2,(H,10,11). The van der Waals surface area contributed by atoms with E-state index in [1.165, 1.54) is 16.2 Å². The van der Waals surface area contributed by atoms with Gasteiger partial charge in [-0.25, -0.2) is 9.78 Å². The Bertz CT molecular complexity index is 345. The highest BCUT2D eigenvalue weighted by Crippen LogP contribution is 2.21. The maximum absolute atomic E-state index is 10.5. The third-order valence-electron chi connectivity index (χ3n) is 1.64. The molecular formula is C7H6N2O2S. The Morgan fingerprint density at radius 2 is 2.58 bits per heavy atom. The van der Waals surface area contributed by atoms with Crippen molar-refractivity contribution < 1.29 is 9.90 Å². The molecule has 1 N–H and O–H groups in total. The van der Waals surface area contributed by atoms with E-state index in [1.54, 1.807) is 17.8 Å². The zero-order chi connectivity index (χ0) is 8.55. The van der Waals surface area contributed by atoms with Gasteiger partial charge in [0.15, 0.2) is 0 Å². The number of hydrogen-bond acceptors (Lipinski definition) is 3. The van der Waals surface area contributed by atoms with Crippen LogP contribution in [0.15, 0.2) is 11.7 Å². The predicted molar refractivity (Wildman–Crippen MR) is 44.7 cm³/mol. The molecule has 0 atom stereocenters. The molecule has 0 unspecified atom stereocenters. The van der Waals surface area contributed by atoms with Crippen LogP contribution >= 0.6 is 11.3 Å². The second-order valence-electron chi connectivity index (χ2n) is 2.39. The third-order valence-corrected chi connectivity index (χ3v) is 2.48. The summed E-state index contributed by atoms with van der Waals surface area (Å²) in [6, 6.07) is 0. The number of carboxylic acid groups (broad SMARTS) is 1. The van der Waals surface area contributed by atoms with Crippen LogP contribution in [0, 0.1) is 0 Å². The highest BCUT2D eigenvalue weighted by molar-refractivity contribution is 7.10. The van der Waals surface area contributed by atoms with Crippen LogP contribution in [-0.4, -0.2) is 21.1 Å². The molecule has 5 heteroatoms. The Kier molecular flexibility index (Phi) is 1.58. The zero-order valence-electron chi connectivity index (χ0n) is 6.10. The van der Waals surface area contributed by atoms with Gasteiger partial charge in [0, 0.05) is 6.20 Å². The number of amides is 1. The minimum Gasteiger partial charge on any atom is -0.465 e. The van der Waals surface area contributed by atoms with Crippen molar-refractivity contribution in [3.8, 4) is 0 Å². The van der Waals surface area contributed by atoms with Gasteiger partial charge in [-0.05, 0) is 6.08 Å². The number of thiazole rings is 1. The molecule has 0 aromatic carbocycles. The van der Waals surface area contributed by atoms with E-state index in [-0.39, 0.29) is 0 Å². The summed E-state index contributed by atoms with van der Waals surface area (Å²) in [4.78, 5) is 16.8. The molecule has 0 spiro atoms. The second-order valence-corrected chi connectivity index (χ2v) is 3.28. The second kappa shape index (κ2) is 2.60. The largest absolute Gasteiger partial charge is 0.465 e. The summed E-state index contributed by atoms with van der Waals surface area (Å²) in [7, 11) is 0. The van der Waals surface area contributed by atoms with Crippen molar-refractivity contribution in [1.82, 2.24) is 9.88 Å². The lowest BCUT2D eigenvalue weighted by atomic mass is 10.3. The molecule has 0 aliphatic carbocycles. The topological polar surface area (TPSA) is 53.4 Å². The highest BCUT2D eigenvalue weighted by atomic mass is 32.1. The zero-order valence-corrected chi connectivity index (χ0v) is 6.91. The fourth-order valence-electron chi connectivity index (χ4n) is 1.04. The molecule has 62 valence electrons. The van der Waals surface area contributed by atoms with Crippen molar-refractivity contribution in [2.24, 2.45) is 0 Å². The van der Waals surface area contributed by atoms with Crippen molar-refractivity contribution in [2.45, 2.75) is 6.54 Å². The molecule has 1 aliphatic heterocycles. The Hall–Kier alpha value is -1.36. The maximum atomic E-state index is 10.5. The first-order valence-corrected chi connectivity index (χ1v) is 4.25. The first-order valence-electron chi connectivity index (χ1n) is 3.37. The molecule has 2 heterocycles. The van der Waals surface area contributed by atoms with E-state index in [4.69, 9.17) is 5.11 Å². The summed E-state index contributed by atoms with van der Waals surface area (Å²) in [5, 5.41) is 8.65.